The van der Waals surface area contributed by atoms with Crippen LogP contribution in [0, 0.1) is 5.92 Å². The van der Waals surface area contributed by atoms with E-state index in [0.29, 0.717) is 11.6 Å². The van der Waals surface area contributed by atoms with Crippen molar-refractivity contribution in [3.05, 3.63) is 6.07 Å². The normalized spacial score (nSPS) is 12.8. The molecule has 1 aromatic heterocycles. The first-order valence-electron chi connectivity index (χ1n) is 4.80. The van der Waals surface area contributed by atoms with Crippen molar-refractivity contribution < 1.29 is 5.11 Å². The Kier molecular flexibility index (Phi) is 3.68. The predicted octanol–water partition coefficient (Wildman–Crippen LogP) is 0.0698. The maximum atomic E-state index is 9.13. The minimum absolute atomic E-state index is 0.0292. The van der Waals surface area contributed by atoms with Gasteiger partial charge < -0.3 is 21.9 Å². The van der Waals surface area contributed by atoms with Gasteiger partial charge in [-0.3, -0.25) is 0 Å². The molecule has 0 aliphatic carbocycles. The van der Waals surface area contributed by atoms with Gasteiger partial charge in [0.1, 0.15) is 11.6 Å². The summed E-state index contributed by atoms with van der Waals surface area (Å²) < 4.78 is 0. The van der Waals surface area contributed by atoms with Crippen molar-refractivity contribution in [1.82, 2.24) is 9.97 Å². The topological polar surface area (TPSA) is 110 Å². The van der Waals surface area contributed by atoms with Crippen LogP contribution in [0.4, 0.5) is 17.6 Å². The number of nitrogens with two attached hydrogens (primary N) is 2. The molecule has 6 nitrogen and oxygen atoms in total. The number of nitrogens with one attached hydrogen (secondary N) is 1. The summed E-state index contributed by atoms with van der Waals surface area (Å²) in [5.41, 5.74) is 11.0. The third-order valence-electron chi connectivity index (χ3n) is 2.10. The number of hydrogen-bond acceptors (Lipinski definition) is 6. The van der Waals surface area contributed by atoms with Crippen LogP contribution in [-0.4, -0.2) is 27.7 Å². The van der Waals surface area contributed by atoms with Gasteiger partial charge in [-0.05, 0) is 5.92 Å². The number of rotatable bonds is 4. The van der Waals surface area contributed by atoms with Gasteiger partial charge in [0, 0.05) is 6.07 Å². The highest BCUT2D eigenvalue weighted by atomic mass is 16.3. The van der Waals surface area contributed by atoms with Crippen LogP contribution >= 0.6 is 0 Å². The largest absolute Gasteiger partial charge is 0.394 e. The summed E-state index contributed by atoms with van der Waals surface area (Å²) in [4.78, 5) is 7.72. The van der Waals surface area contributed by atoms with E-state index in [0.717, 1.165) is 0 Å². The third kappa shape index (κ3) is 3.25. The monoisotopic (exact) mass is 211 g/mol. The Morgan fingerprint density at radius 2 is 2.07 bits per heavy atom. The average molecular weight is 211 g/mol. The molecule has 1 aromatic rings. The molecular weight excluding hydrogens is 194 g/mol. The molecular formula is C9H17N5O. The summed E-state index contributed by atoms with van der Waals surface area (Å²) in [5, 5.41) is 12.2. The molecule has 1 atom stereocenters. The van der Waals surface area contributed by atoms with Crippen LogP contribution in [-0.2, 0) is 0 Å². The molecule has 0 bridgehead atoms. The van der Waals surface area contributed by atoms with Gasteiger partial charge in [-0.2, -0.15) is 9.97 Å². The molecule has 0 aliphatic heterocycles. The Morgan fingerprint density at radius 3 is 2.53 bits per heavy atom. The van der Waals surface area contributed by atoms with E-state index >= 15 is 0 Å². The lowest BCUT2D eigenvalue weighted by molar-refractivity contribution is 0.249. The molecule has 1 rings (SSSR count). The van der Waals surface area contributed by atoms with Gasteiger partial charge in [0.25, 0.3) is 0 Å². The second kappa shape index (κ2) is 4.79. The summed E-state index contributed by atoms with van der Waals surface area (Å²) in [6.07, 6.45) is 0. The fourth-order valence-corrected chi connectivity index (χ4v) is 1.17. The van der Waals surface area contributed by atoms with Gasteiger partial charge in [-0.1, -0.05) is 13.8 Å². The van der Waals surface area contributed by atoms with Crippen LogP contribution in [0.25, 0.3) is 0 Å². The number of aliphatic hydroxyl groups is 1. The van der Waals surface area contributed by atoms with E-state index in [1.807, 2.05) is 13.8 Å². The molecule has 6 heteroatoms. The highest BCUT2D eigenvalue weighted by Gasteiger charge is 2.12. The maximum Gasteiger partial charge on any atom is 0.223 e. The zero-order valence-corrected chi connectivity index (χ0v) is 8.94. The zero-order valence-electron chi connectivity index (χ0n) is 8.94. The molecule has 1 heterocycles. The Labute approximate surface area is 88.7 Å². The molecule has 0 fully saturated rings. The van der Waals surface area contributed by atoms with E-state index in [2.05, 4.69) is 15.3 Å². The molecule has 0 spiro atoms. The maximum absolute atomic E-state index is 9.13. The van der Waals surface area contributed by atoms with E-state index < -0.39 is 0 Å². The first-order valence-corrected chi connectivity index (χ1v) is 4.80. The minimum Gasteiger partial charge on any atom is -0.394 e. The molecule has 0 amide bonds. The van der Waals surface area contributed by atoms with Crippen molar-refractivity contribution in [2.24, 2.45) is 5.92 Å². The van der Waals surface area contributed by atoms with Gasteiger partial charge in [0.15, 0.2) is 0 Å². The average Bonchev–Trinajstić information content (AvgIpc) is 2.12. The van der Waals surface area contributed by atoms with E-state index in [9.17, 15) is 0 Å². The minimum atomic E-state index is -0.0706. The van der Waals surface area contributed by atoms with Gasteiger partial charge in [0.05, 0.1) is 12.6 Å². The van der Waals surface area contributed by atoms with Crippen molar-refractivity contribution >= 4 is 17.6 Å². The highest BCUT2D eigenvalue weighted by molar-refractivity contribution is 5.48. The molecule has 1 unspecified atom stereocenters. The van der Waals surface area contributed by atoms with Crippen molar-refractivity contribution in [2.45, 2.75) is 19.9 Å². The van der Waals surface area contributed by atoms with Crippen LogP contribution < -0.4 is 16.8 Å². The fourth-order valence-electron chi connectivity index (χ4n) is 1.17. The summed E-state index contributed by atoms with van der Waals surface area (Å²) in [7, 11) is 0. The van der Waals surface area contributed by atoms with Crippen molar-refractivity contribution in [3.63, 3.8) is 0 Å². The van der Waals surface area contributed by atoms with Gasteiger partial charge in [-0.25, -0.2) is 0 Å². The summed E-state index contributed by atoms with van der Waals surface area (Å²) in [5.74, 6) is 1.25. The SMILES string of the molecule is CC(C)C(CO)Nc1cc(N)nc(N)n1. The Bertz CT molecular complexity index is 308. The van der Waals surface area contributed by atoms with Gasteiger partial charge in [0.2, 0.25) is 5.95 Å². The van der Waals surface area contributed by atoms with E-state index in [1.165, 1.54) is 0 Å². The standard InChI is InChI=1S/C9H17N5O/c1-5(2)6(4-15)12-8-3-7(10)13-9(11)14-8/h3,5-6,15H,4H2,1-2H3,(H5,10,11,12,13,14). The van der Waals surface area contributed by atoms with E-state index in [4.69, 9.17) is 16.6 Å². The quantitative estimate of drug-likeness (QED) is 0.561. The second-order valence-electron chi connectivity index (χ2n) is 3.71. The van der Waals surface area contributed by atoms with Gasteiger partial charge >= 0.3 is 0 Å². The van der Waals surface area contributed by atoms with Crippen LogP contribution in [0.15, 0.2) is 6.07 Å². The summed E-state index contributed by atoms with van der Waals surface area (Å²) >= 11 is 0. The number of aromatic nitrogens is 2. The number of aliphatic hydroxyl groups excluding tert-OH is 1. The smallest absolute Gasteiger partial charge is 0.223 e. The lowest BCUT2D eigenvalue weighted by Gasteiger charge is -2.20. The Morgan fingerprint density at radius 1 is 1.40 bits per heavy atom. The fraction of sp³-hybridized carbons (Fsp3) is 0.556. The molecule has 6 N–H and O–H groups in total. The Balaban J connectivity index is 2.79. The molecule has 0 saturated carbocycles. The summed E-state index contributed by atoms with van der Waals surface area (Å²) in [6.45, 7) is 4.03. The predicted molar refractivity (Wildman–Crippen MR) is 60.2 cm³/mol. The summed E-state index contributed by atoms with van der Waals surface area (Å²) in [6, 6.07) is 1.51. The van der Waals surface area contributed by atoms with Crippen LogP contribution in [0.1, 0.15) is 13.8 Å². The molecule has 0 aliphatic rings. The lowest BCUT2D eigenvalue weighted by atomic mass is 10.1. The van der Waals surface area contributed by atoms with Crippen molar-refractivity contribution in [1.29, 1.82) is 0 Å². The molecule has 0 radical (unpaired) electrons. The Hall–Kier alpha value is -1.56. The zero-order chi connectivity index (χ0) is 11.4. The molecule has 0 aromatic carbocycles. The third-order valence-corrected chi connectivity index (χ3v) is 2.10. The first kappa shape index (κ1) is 11.5. The van der Waals surface area contributed by atoms with Crippen LogP contribution in [0.5, 0.6) is 0 Å². The molecule has 15 heavy (non-hydrogen) atoms. The van der Waals surface area contributed by atoms with Crippen LogP contribution in [0.2, 0.25) is 0 Å². The van der Waals surface area contributed by atoms with E-state index in [1.54, 1.807) is 6.07 Å². The number of anilines is 3. The van der Waals surface area contributed by atoms with Crippen LogP contribution in [0.3, 0.4) is 0 Å². The van der Waals surface area contributed by atoms with Gasteiger partial charge in [-0.15, -0.1) is 0 Å². The molecule has 84 valence electrons. The van der Waals surface area contributed by atoms with Crippen molar-refractivity contribution in [2.75, 3.05) is 23.4 Å². The lowest BCUT2D eigenvalue weighted by Crippen LogP contribution is -2.30. The first-order chi connectivity index (χ1) is 7.02. The number of nitrogen functional groups attached to an aromatic ring is 2. The van der Waals surface area contributed by atoms with E-state index in [-0.39, 0.29) is 24.5 Å². The second-order valence-corrected chi connectivity index (χ2v) is 3.71. The number of hydrogen-bond donors (Lipinski definition) is 4. The molecule has 0 saturated heterocycles. The highest BCUT2D eigenvalue weighted by Crippen LogP contribution is 2.13. The number of nitrogens with zero attached hydrogens (tertiary/aromatic N) is 2. The van der Waals surface area contributed by atoms with Crippen molar-refractivity contribution in [3.8, 4) is 0 Å².